The molecule has 0 radical (unpaired) electrons. The molecule has 1 amide bonds. The van der Waals surface area contributed by atoms with E-state index >= 15 is 0 Å². The number of rotatable bonds is 4. The summed E-state index contributed by atoms with van der Waals surface area (Å²) in [6.07, 6.45) is 0. The second kappa shape index (κ2) is 4.88. The van der Waals surface area contributed by atoms with Crippen molar-refractivity contribution in [3.05, 3.63) is 11.1 Å². The van der Waals surface area contributed by atoms with E-state index in [1.54, 1.807) is 6.92 Å². The third-order valence-electron chi connectivity index (χ3n) is 1.79. The number of hydrogen-bond donors (Lipinski definition) is 0. The molecule has 0 saturated carbocycles. The first-order chi connectivity index (χ1) is 7.33. The van der Waals surface area contributed by atoms with Gasteiger partial charge in [-0.3, -0.25) is 9.69 Å². The van der Waals surface area contributed by atoms with E-state index in [0.717, 1.165) is 11.3 Å². The molecule has 1 heterocycles. The van der Waals surface area contributed by atoms with Gasteiger partial charge in [0, 0.05) is 18.8 Å². The van der Waals surface area contributed by atoms with Crippen molar-refractivity contribution >= 4 is 32.6 Å². The standard InChI is InChI=1S/C8H11FN2O3S2/c1-3-11(6(2)12)8-10-7(4-15-8)5-16(9,13)14/h4H,3,5H2,1-2H3. The Bertz CT molecular complexity index is 483. The lowest BCUT2D eigenvalue weighted by Gasteiger charge is -2.14. The topological polar surface area (TPSA) is 67.3 Å². The van der Waals surface area contributed by atoms with E-state index in [2.05, 4.69) is 4.98 Å². The molecule has 1 aromatic rings. The van der Waals surface area contributed by atoms with E-state index in [1.165, 1.54) is 17.2 Å². The maximum atomic E-state index is 12.4. The van der Waals surface area contributed by atoms with Crippen LogP contribution in [-0.2, 0) is 20.8 Å². The fourth-order valence-electron chi connectivity index (χ4n) is 1.16. The van der Waals surface area contributed by atoms with E-state index < -0.39 is 16.0 Å². The molecule has 90 valence electrons. The van der Waals surface area contributed by atoms with Crippen LogP contribution in [0.4, 0.5) is 9.02 Å². The number of carbonyl (C=O) groups excluding carboxylic acids is 1. The Morgan fingerprint density at radius 2 is 2.25 bits per heavy atom. The van der Waals surface area contributed by atoms with Gasteiger partial charge in [-0.25, -0.2) is 4.98 Å². The molecule has 5 nitrogen and oxygen atoms in total. The van der Waals surface area contributed by atoms with Crippen molar-refractivity contribution in [1.29, 1.82) is 0 Å². The lowest BCUT2D eigenvalue weighted by atomic mass is 10.5. The van der Waals surface area contributed by atoms with Gasteiger partial charge < -0.3 is 0 Å². The fraction of sp³-hybridized carbons (Fsp3) is 0.500. The van der Waals surface area contributed by atoms with E-state index in [4.69, 9.17) is 0 Å². The molecule has 16 heavy (non-hydrogen) atoms. The van der Waals surface area contributed by atoms with Crippen LogP contribution in [0.25, 0.3) is 0 Å². The molecule has 1 aromatic heterocycles. The van der Waals surface area contributed by atoms with Crippen molar-refractivity contribution in [3.63, 3.8) is 0 Å². The van der Waals surface area contributed by atoms with Crippen LogP contribution in [0.15, 0.2) is 5.38 Å². The van der Waals surface area contributed by atoms with Crippen LogP contribution in [-0.4, -0.2) is 25.9 Å². The zero-order valence-electron chi connectivity index (χ0n) is 8.81. The van der Waals surface area contributed by atoms with Crippen molar-refractivity contribution in [2.75, 3.05) is 11.4 Å². The Kier molecular flexibility index (Phi) is 3.98. The molecule has 0 atom stereocenters. The van der Waals surface area contributed by atoms with Gasteiger partial charge in [0.2, 0.25) is 5.91 Å². The molecule has 0 aliphatic heterocycles. The van der Waals surface area contributed by atoms with Gasteiger partial charge >= 0.3 is 10.2 Å². The Labute approximate surface area is 97.1 Å². The van der Waals surface area contributed by atoms with Gasteiger partial charge in [0.15, 0.2) is 5.13 Å². The number of nitrogens with zero attached hydrogens (tertiary/aromatic N) is 2. The largest absolute Gasteiger partial charge is 0.308 e. The van der Waals surface area contributed by atoms with Crippen LogP contribution in [0.2, 0.25) is 0 Å². The second-order valence-corrected chi connectivity index (χ2v) is 5.27. The highest BCUT2D eigenvalue weighted by Gasteiger charge is 2.16. The Morgan fingerprint density at radius 3 is 2.69 bits per heavy atom. The van der Waals surface area contributed by atoms with Crippen LogP contribution < -0.4 is 4.90 Å². The normalized spacial score (nSPS) is 11.4. The number of thiazole rings is 1. The first-order valence-corrected chi connectivity index (χ1v) is 6.91. The maximum Gasteiger partial charge on any atom is 0.308 e. The first-order valence-electron chi connectivity index (χ1n) is 4.48. The van der Waals surface area contributed by atoms with Crippen LogP contribution in [0.5, 0.6) is 0 Å². The lowest BCUT2D eigenvalue weighted by Crippen LogP contribution is -2.27. The molecule has 0 unspecified atom stereocenters. The summed E-state index contributed by atoms with van der Waals surface area (Å²) in [5.41, 5.74) is 0.113. The summed E-state index contributed by atoms with van der Waals surface area (Å²) in [7, 11) is -4.58. The maximum absolute atomic E-state index is 12.4. The van der Waals surface area contributed by atoms with Gasteiger partial charge in [-0.05, 0) is 6.92 Å². The number of amides is 1. The molecular formula is C8H11FN2O3S2. The molecule has 1 rings (SSSR count). The van der Waals surface area contributed by atoms with Crippen molar-refractivity contribution in [2.45, 2.75) is 19.6 Å². The minimum Gasteiger partial charge on any atom is -0.289 e. The van der Waals surface area contributed by atoms with E-state index in [-0.39, 0.29) is 11.6 Å². The summed E-state index contributed by atoms with van der Waals surface area (Å²) < 4.78 is 33.2. The van der Waals surface area contributed by atoms with Gasteiger partial charge in [0.05, 0.1) is 5.69 Å². The summed E-state index contributed by atoms with van der Waals surface area (Å²) in [5, 5.41) is 1.81. The summed E-state index contributed by atoms with van der Waals surface area (Å²) >= 11 is 1.11. The lowest BCUT2D eigenvalue weighted by molar-refractivity contribution is -0.116. The highest BCUT2D eigenvalue weighted by Crippen LogP contribution is 2.21. The van der Waals surface area contributed by atoms with Gasteiger partial charge in [-0.15, -0.1) is 15.2 Å². The third-order valence-corrected chi connectivity index (χ3v) is 3.34. The quantitative estimate of drug-likeness (QED) is 0.771. The molecule has 0 saturated heterocycles. The average Bonchev–Trinajstić information content (AvgIpc) is 2.50. The van der Waals surface area contributed by atoms with Crippen molar-refractivity contribution in [2.24, 2.45) is 0 Å². The summed E-state index contributed by atoms with van der Waals surface area (Å²) in [4.78, 5) is 16.5. The van der Waals surface area contributed by atoms with Crippen molar-refractivity contribution in [3.8, 4) is 0 Å². The molecule has 0 aromatic carbocycles. The molecule has 0 N–H and O–H groups in total. The molecule has 0 spiro atoms. The average molecular weight is 266 g/mol. The third kappa shape index (κ3) is 3.53. The SMILES string of the molecule is CCN(C(C)=O)c1nc(CS(=O)(=O)F)cs1. The zero-order valence-corrected chi connectivity index (χ0v) is 10.4. The Hall–Kier alpha value is -1.02. The number of halogens is 1. The van der Waals surface area contributed by atoms with Gasteiger partial charge in [-0.1, -0.05) is 0 Å². The summed E-state index contributed by atoms with van der Waals surface area (Å²) in [6, 6.07) is 0. The molecular weight excluding hydrogens is 255 g/mol. The Morgan fingerprint density at radius 1 is 1.62 bits per heavy atom. The van der Waals surface area contributed by atoms with Crippen LogP contribution in [0.3, 0.4) is 0 Å². The number of hydrogen-bond acceptors (Lipinski definition) is 5. The zero-order chi connectivity index (χ0) is 12.3. The highest BCUT2D eigenvalue weighted by atomic mass is 32.3. The molecule has 0 aliphatic rings. The smallest absolute Gasteiger partial charge is 0.289 e. The van der Waals surface area contributed by atoms with E-state index in [9.17, 15) is 17.1 Å². The minimum atomic E-state index is -4.58. The summed E-state index contributed by atoms with van der Waals surface area (Å²) in [6.45, 7) is 3.59. The monoisotopic (exact) mass is 266 g/mol. The number of anilines is 1. The van der Waals surface area contributed by atoms with Gasteiger partial charge in [-0.2, -0.15) is 8.42 Å². The molecule has 0 aliphatic carbocycles. The molecule has 8 heteroatoms. The van der Waals surface area contributed by atoms with Crippen LogP contribution >= 0.6 is 11.3 Å². The first kappa shape index (κ1) is 13.0. The fourth-order valence-corrected chi connectivity index (χ4v) is 2.69. The number of carbonyl (C=O) groups is 1. The van der Waals surface area contributed by atoms with E-state index in [0.29, 0.717) is 11.7 Å². The Balaban J connectivity index is 2.90. The van der Waals surface area contributed by atoms with Gasteiger partial charge in [0.1, 0.15) is 5.75 Å². The van der Waals surface area contributed by atoms with Crippen LogP contribution in [0.1, 0.15) is 19.5 Å². The molecule has 0 fully saturated rings. The second-order valence-electron chi connectivity index (χ2n) is 3.07. The number of aromatic nitrogens is 1. The summed E-state index contributed by atoms with van der Waals surface area (Å²) in [5.74, 6) is -0.939. The van der Waals surface area contributed by atoms with Crippen molar-refractivity contribution < 1.29 is 17.1 Å². The van der Waals surface area contributed by atoms with Crippen molar-refractivity contribution in [1.82, 2.24) is 4.98 Å². The minimum absolute atomic E-state index is 0.113. The van der Waals surface area contributed by atoms with E-state index in [1.807, 2.05) is 0 Å². The van der Waals surface area contributed by atoms with Gasteiger partial charge in [0.25, 0.3) is 0 Å². The predicted octanol–water partition coefficient (Wildman–Crippen LogP) is 1.32. The highest BCUT2D eigenvalue weighted by molar-refractivity contribution is 7.85. The predicted molar refractivity (Wildman–Crippen MR) is 59.5 cm³/mol. The van der Waals surface area contributed by atoms with Crippen LogP contribution in [0, 0.1) is 0 Å². The molecule has 0 bridgehead atoms.